The van der Waals surface area contributed by atoms with Gasteiger partial charge in [0.25, 0.3) is 5.91 Å². The zero-order valence-electron chi connectivity index (χ0n) is 15.9. The fourth-order valence-corrected chi connectivity index (χ4v) is 3.96. The first kappa shape index (κ1) is 19.9. The summed E-state index contributed by atoms with van der Waals surface area (Å²) >= 11 is 0. The molecule has 2 N–H and O–H groups in total. The average molecular weight is 424 g/mol. The van der Waals surface area contributed by atoms with Crippen molar-refractivity contribution in [1.29, 1.82) is 0 Å². The largest absolute Gasteiger partial charge is 0.485 e. The molecule has 1 aliphatic heterocycles. The second-order valence-corrected chi connectivity index (χ2v) is 8.45. The summed E-state index contributed by atoms with van der Waals surface area (Å²) in [5.41, 5.74) is 1.32. The van der Waals surface area contributed by atoms with Gasteiger partial charge in [-0.3, -0.25) is 4.79 Å². The number of carbonyl (C=O) groups excluding carboxylic acids is 1. The Morgan fingerprint density at radius 1 is 0.900 bits per heavy atom. The molecule has 1 atom stereocenters. The van der Waals surface area contributed by atoms with Crippen LogP contribution in [-0.2, 0) is 21.4 Å². The molecule has 4 rings (SSSR count). The van der Waals surface area contributed by atoms with E-state index >= 15 is 0 Å². The lowest BCUT2D eigenvalue weighted by Crippen LogP contribution is -2.40. The minimum absolute atomic E-state index is 0.0959. The minimum Gasteiger partial charge on any atom is -0.485 e. The Hall–Kier alpha value is -3.36. The second-order valence-electron chi connectivity index (χ2n) is 6.69. The smallest absolute Gasteiger partial charge is 0.269 e. The quantitative estimate of drug-likeness (QED) is 0.635. The highest BCUT2D eigenvalue weighted by atomic mass is 32.2. The van der Waals surface area contributed by atoms with Crippen molar-refractivity contribution < 1.29 is 22.7 Å². The van der Waals surface area contributed by atoms with E-state index in [1.165, 1.54) is 24.3 Å². The summed E-state index contributed by atoms with van der Waals surface area (Å²) in [4.78, 5) is 12.6. The van der Waals surface area contributed by atoms with Crippen LogP contribution in [0.4, 0.5) is 5.69 Å². The molecule has 154 valence electrons. The van der Waals surface area contributed by atoms with Crippen LogP contribution in [0.2, 0.25) is 0 Å². The number of para-hydroxylation sites is 2. The zero-order chi connectivity index (χ0) is 21.0. The van der Waals surface area contributed by atoms with Crippen LogP contribution in [0.1, 0.15) is 5.56 Å². The Morgan fingerprint density at radius 2 is 1.57 bits per heavy atom. The molecule has 0 aromatic heterocycles. The predicted molar refractivity (Wildman–Crippen MR) is 112 cm³/mol. The van der Waals surface area contributed by atoms with E-state index in [2.05, 4.69) is 10.0 Å². The highest BCUT2D eigenvalue weighted by molar-refractivity contribution is 7.89. The Kier molecular flexibility index (Phi) is 5.69. The Morgan fingerprint density at radius 3 is 2.30 bits per heavy atom. The third kappa shape index (κ3) is 4.61. The summed E-state index contributed by atoms with van der Waals surface area (Å²) < 4.78 is 38.7. The van der Waals surface area contributed by atoms with Crippen molar-refractivity contribution in [2.24, 2.45) is 0 Å². The molecular formula is C22H20N2O5S. The van der Waals surface area contributed by atoms with Gasteiger partial charge in [0.2, 0.25) is 16.1 Å². The number of hydrogen-bond donors (Lipinski definition) is 2. The number of carbonyl (C=O) groups is 1. The van der Waals surface area contributed by atoms with Gasteiger partial charge in [0.15, 0.2) is 11.5 Å². The van der Waals surface area contributed by atoms with Crippen LogP contribution in [0.5, 0.6) is 11.5 Å². The van der Waals surface area contributed by atoms with Crippen molar-refractivity contribution in [2.45, 2.75) is 17.5 Å². The van der Waals surface area contributed by atoms with Crippen molar-refractivity contribution in [3.63, 3.8) is 0 Å². The van der Waals surface area contributed by atoms with Crippen LogP contribution >= 0.6 is 0 Å². The molecule has 1 amide bonds. The highest BCUT2D eigenvalue weighted by Gasteiger charge is 2.27. The lowest BCUT2D eigenvalue weighted by atomic mass is 10.2. The van der Waals surface area contributed by atoms with Crippen molar-refractivity contribution in [3.8, 4) is 11.5 Å². The molecule has 3 aromatic carbocycles. The number of rotatable bonds is 6. The summed E-state index contributed by atoms with van der Waals surface area (Å²) in [6, 6.07) is 22.3. The van der Waals surface area contributed by atoms with Gasteiger partial charge in [-0.2, -0.15) is 0 Å². The molecule has 1 heterocycles. The van der Waals surface area contributed by atoms with Gasteiger partial charge in [-0.25, -0.2) is 13.1 Å². The molecule has 0 aliphatic carbocycles. The van der Waals surface area contributed by atoms with E-state index in [1.807, 2.05) is 36.4 Å². The maximum atomic E-state index is 12.5. The number of fused-ring (bicyclic) bond motifs is 1. The van der Waals surface area contributed by atoms with Crippen LogP contribution in [-0.4, -0.2) is 27.0 Å². The predicted octanol–water partition coefficient (Wildman–Crippen LogP) is 2.94. The zero-order valence-corrected chi connectivity index (χ0v) is 16.8. The minimum atomic E-state index is -3.67. The van der Waals surface area contributed by atoms with E-state index in [4.69, 9.17) is 9.47 Å². The first-order chi connectivity index (χ1) is 14.5. The van der Waals surface area contributed by atoms with Crippen molar-refractivity contribution >= 4 is 21.6 Å². The van der Waals surface area contributed by atoms with E-state index in [1.54, 1.807) is 18.2 Å². The lowest BCUT2D eigenvalue weighted by molar-refractivity contribution is -0.125. The van der Waals surface area contributed by atoms with E-state index in [0.717, 1.165) is 5.56 Å². The molecule has 1 unspecified atom stereocenters. The van der Waals surface area contributed by atoms with Gasteiger partial charge < -0.3 is 14.8 Å². The maximum absolute atomic E-state index is 12.5. The third-order valence-corrected chi connectivity index (χ3v) is 5.96. The molecule has 1 aliphatic rings. The molecule has 0 spiro atoms. The Bertz CT molecular complexity index is 1130. The number of anilines is 1. The molecule has 0 fully saturated rings. The first-order valence-electron chi connectivity index (χ1n) is 9.34. The number of benzene rings is 3. The molecule has 0 saturated carbocycles. The summed E-state index contributed by atoms with van der Waals surface area (Å²) in [6.45, 7) is 0.293. The number of amides is 1. The van der Waals surface area contributed by atoms with Gasteiger partial charge in [0.1, 0.15) is 6.61 Å². The van der Waals surface area contributed by atoms with E-state index in [9.17, 15) is 13.2 Å². The Labute approximate surface area is 174 Å². The van der Waals surface area contributed by atoms with Crippen LogP contribution in [0.15, 0.2) is 83.8 Å². The SMILES string of the molecule is O=C(Nc1ccc(S(=O)(=O)NCc2ccccc2)cc1)C1COc2ccccc2O1. The van der Waals surface area contributed by atoms with Gasteiger partial charge in [-0.05, 0) is 42.0 Å². The van der Waals surface area contributed by atoms with Crippen LogP contribution < -0.4 is 19.5 Å². The molecule has 0 radical (unpaired) electrons. The molecule has 0 bridgehead atoms. The fraction of sp³-hybridized carbons (Fsp3) is 0.136. The second kappa shape index (κ2) is 8.56. The topological polar surface area (TPSA) is 93.7 Å². The van der Waals surface area contributed by atoms with Crippen molar-refractivity contribution in [2.75, 3.05) is 11.9 Å². The molecular weight excluding hydrogens is 404 g/mol. The van der Waals surface area contributed by atoms with E-state index in [0.29, 0.717) is 17.2 Å². The number of hydrogen-bond acceptors (Lipinski definition) is 5. The highest BCUT2D eigenvalue weighted by Crippen LogP contribution is 2.31. The standard InChI is InChI=1S/C22H20N2O5S/c25-22(21-15-28-19-8-4-5-9-20(19)29-21)24-17-10-12-18(13-11-17)30(26,27)23-14-16-6-2-1-3-7-16/h1-13,21,23H,14-15H2,(H,24,25). The maximum Gasteiger partial charge on any atom is 0.269 e. The summed E-state index contributed by atoms with van der Waals surface area (Å²) in [5, 5.41) is 2.72. The van der Waals surface area contributed by atoms with Crippen LogP contribution in [0.3, 0.4) is 0 Å². The fourth-order valence-electron chi connectivity index (χ4n) is 2.95. The molecule has 30 heavy (non-hydrogen) atoms. The number of sulfonamides is 1. The van der Waals surface area contributed by atoms with E-state index < -0.39 is 16.1 Å². The summed E-state index contributed by atoms with van der Waals surface area (Å²) in [6.07, 6.45) is -0.796. The molecule has 3 aromatic rings. The average Bonchev–Trinajstić information content (AvgIpc) is 2.78. The number of nitrogens with one attached hydrogen (secondary N) is 2. The monoisotopic (exact) mass is 424 g/mol. The van der Waals surface area contributed by atoms with Gasteiger partial charge in [0, 0.05) is 12.2 Å². The summed E-state index contributed by atoms with van der Waals surface area (Å²) in [7, 11) is -3.67. The lowest BCUT2D eigenvalue weighted by Gasteiger charge is -2.25. The molecule has 7 nitrogen and oxygen atoms in total. The van der Waals surface area contributed by atoms with Crippen LogP contribution in [0.25, 0.3) is 0 Å². The molecule has 0 saturated heterocycles. The van der Waals surface area contributed by atoms with Crippen LogP contribution in [0, 0.1) is 0 Å². The third-order valence-electron chi connectivity index (χ3n) is 4.54. The van der Waals surface area contributed by atoms with E-state index in [-0.39, 0.29) is 24.0 Å². The normalized spacial score (nSPS) is 15.4. The van der Waals surface area contributed by atoms with Gasteiger partial charge >= 0.3 is 0 Å². The summed E-state index contributed by atoms with van der Waals surface area (Å²) in [5.74, 6) is 0.733. The first-order valence-corrected chi connectivity index (χ1v) is 10.8. The van der Waals surface area contributed by atoms with Gasteiger partial charge in [-0.15, -0.1) is 0 Å². The Balaban J connectivity index is 1.37. The van der Waals surface area contributed by atoms with Gasteiger partial charge in [-0.1, -0.05) is 42.5 Å². The van der Waals surface area contributed by atoms with Crippen molar-refractivity contribution in [3.05, 3.63) is 84.4 Å². The molecule has 8 heteroatoms. The van der Waals surface area contributed by atoms with Gasteiger partial charge in [0.05, 0.1) is 4.90 Å². The van der Waals surface area contributed by atoms with Crippen molar-refractivity contribution in [1.82, 2.24) is 4.72 Å². The number of ether oxygens (including phenoxy) is 2.